The van der Waals surface area contributed by atoms with Crippen molar-refractivity contribution in [3.63, 3.8) is 0 Å². The van der Waals surface area contributed by atoms with E-state index >= 15 is 0 Å². The molecule has 0 unspecified atom stereocenters. The van der Waals surface area contributed by atoms with E-state index in [1.54, 1.807) is 30.6 Å². The Labute approximate surface area is 119 Å². The lowest BCUT2D eigenvalue weighted by Gasteiger charge is -2.09. The minimum atomic E-state index is -0.280. The van der Waals surface area contributed by atoms with Crippen molar-refractivity contribution in [3.8, 4) is 11.6 Å². The lowest BCUT2D eigenvalue weighted by molar-refractivity contribution is 0.369. The summed E-state index contributed by atoms with van der Waals surface area (Å²) < 4.78 is 11.7. The number of halogens is 1. The van der Waals surface area contributed by atoms with Gasteiger partial charge < -0.3 is 4.18 Å². The molecular formula is C12H11ClN2O3S. The smallest absolute Gasteiger partial charge is 0.257 e. The van der Waals surface area contributed by atoms with Crippen molar-refractivity contribution in [2.75, 3.05) is 6.61 Å². The monoisotopic (exact) mass is 298 g/mol. The summed E-state index contributed by atoms with van der Waals surface area (Å²) >= 11 is 6.60. The van der Waals surface area contributed by atoms with Crippen LogP contribution in [0.25, 0.3) is 5.82 Å². The van der Waals surface area contributed by atoms with Gasteiger partial charge in [0, 0.05) is 23.5 Å². The largest absolute Gasteiger partial charge is 0.396 e. The summed E-state index contributed by atoms with van der Waals surface area (Å²) in [5.74, 6) is 0.821. The van der Waals surface area contributed by atoms with Gasteiger partial charge in [-0.25, -0.2) is 4.98 Å². The summed E-state index contributed by atoms with van der Waals surface area (Å²) in [4.78, 5) is 16.0. The molecule has 0 spiro atoms. The minimum Gasteiger partial charge on any atom is -0.396 e. The average molecular weight is 299 g/mol. The third kappa shape index (κ3) is 3.50. The second-order valence-electron chi connectivity index (χ2n) is 3.44. The van der Waals surface area contributed by atoms with E-state index in [2.05, 4.69) is 4.98 Å². The Balaban J connectivity index is 2.36. The molecule has 0 aliphatic rings. The number of hydrogen-bond donors (Lipinski definition) is 0. The van der Waals surface area contributed by atoms with Crippen molar-refractivity contribution >= 4 is 23.9 Å². The zero-order chi connectivity index (χ0) is 13.7. The Hall–Kier alpha value is -1.50. The highest BCUT2D eigenvalue weighted by Crippen LogP contribution is 2.23. The summed E-state index contributed by atoms with van der Waals surface area (Å²) in [5.41, 5.74) is -0.280. The van der Waals surface area contributed by atoms with Crippen molar-refractivity contribution in [1.29, 1.82) is 0 Å². The maximum absolute atomic E-state index is 11.9. The van der Waals surface area contributed by atoms with Crippen LogP contribution in [-0.4, -0.2) is 16.2 Å². The minimum absolute atomic E-state index is 0.280. The molecule has 0 aromatic carbocycles. The molecule has 5 nitrogen and oxygen atoms in total. The Morgan fingerprint density at radius 2 is 2.32 bits per heavy atom. The summed E-state index contributed by atoms with van der Waals surface area (Å²) in [5, 5.41) is 0.378. The average Bonchev–Trinajstić information content (AvgIpc) is 2.40. The van der Waals surface area contributed by atoms with Crippen LogP contribution in [0.3, 0.4) is 0 Å². The van der Waals surface area contributed by atoms with Gasteiger partial charge in [-0.15, -0.1) is 0 Å². The SMILES string of the molecule is CCOSOc1cccnc1-n1ccc(Cl)cc1=O. The van der Waals surface area contributed by atoms with E-state index in [4.69, 9.17) is 20.0 Å². The molecule has 2 aromatic heterocycles. The maximum Gasteiger partial charge on any atom is 0.257 e. The highest BCUT2D eigenvalue weighted by atomic mass is 35.5. The van der Waals surface area contributed by atoms with Crippen molar-refractivity contribution in [2.24, 2.45) is 0 Å². The van der Waals surface area contributed by atoms with Gasteiger partial charge in [-0.05, 0) is 25.1 Å². The fourth-order valence-electron chi connectivity index (χ4n) is 1.37. The van der Waals surface area contributed by atoms with Gasteiger partial charge in [0.05, 0.1) is 6.61 Å². The predicted octanol–water partition coefficient (Wildman–Crippen LogP) is 2.86. The molecule has 100 valence electrons. The quantitative estimate of drug-likeness (QED) is 0.627. The topological polar surface area (TPSA) is 53.4 Å². The molecule has 0 bridgehead atoms. The maximum atomic E-state index is 11.9. The van der Waals surface area contributed by atoms with Crippen molar-refractivity contribution in [2.45, 2.75) is 6.92 Å². The van der Waals surface area contributed by atoms with E-state index in [9.17, 15) is 4.79 Å². The summed E-state index contributed by atoms with van der Waals surface area (Å²) in [6, 6.07) is 6.34. The van der Waals surface area contributed by atoms with Crippen LogP contribution in [0, 0.1) is 0 Å². The first-order valence-corrected chi connectivity index (χ1v) is 6.56. The summed E-state index contributed by atoms with van der Waals surface area (Å²) in [6.45, 7) is 2.37. The van der Waals surface area contributed by atoms with Crippen LogP contribution in [0.4, 0.5) is 0 Å². The van der Waals surface area contributed by atoms with Gasteiger partial charge in [-0.1, -0.05) is 11.6 Å². The summed E-state index contributed by atoms with van der Waals surface area (Å²) in [7, 11) is 0. The number of nitrogens with zero attached hydrogens (tertiary/aromatic N) is 2. The van der Waals surface area contributed by atoms with E-state index in [0.29, 0.717) is 23.2 Å². The Morgan fingerprint density at radius 3 is 3.05 bits per heavy atom. The van der Waals surface area contributed by atoms with E-state index < -0.39 is 0 Å². The molecule has 0 saturated carbocycles. The lowest BCUT2D eigenvalue weighted by atomic mass is 10.4. The third-order valence-electron chi connectivity index (χ3n) is 2.15. The van der Waals surface area contributed by atoms with Gasteiger partial charge in [-0.2, -0.15) is 0 Å². The molecule has 0 aliphatic carbocycles. The van der Waals surface area contributed by atoms with Crippen LogP contribution in [0.15, 0.2) is 41.5 Å². The molecular weight excluding hydrogens is 288 g/mol. The first-order valence-electron chi connectivity index (χ1n) is 5.52. The standard InChI is InChI=1S/C12H11ClN2O3S/c1-2-17-19-18-10-4-3-6-14-12(10)15-7-5-9(13)8-11(15)16/h3-8H,2H2,1H3. The molecule has 0 saturated heterocycles. The van der Waals surface area contributed by atoms with E-state index in [1.165, 1.54) is 10.6 Å². The number of pyridine rings is 2. The fraction of sp³-hybridized carbons (Fsp3) is 0.167. The third-order valence-corrected chi connectivity index (χ3v) is 2.97. The predicted molar refractivity (Wildman–Crippen MR) is 74.7 cm³/mol. The van der Waals surface area contributed by atoms with Gasteiger partial charge >= 0.3 is 0 Å². The van der Waals surface area contributed by atoms with Gasteiger partial charge in [0.15, 0.2) is 11.6 Å². The normalized spacial score (nSPS) is 10.4. The molecule has 0 radical (unpaired) electrons. The van der Waals surface area contributed by atoms with Crippen LogP contribution in [0.5, 0.6) is 5.75 Å². The van der Waals surface area contributed by atoms with E-state index in [0.717, 1.165) is 12.3 Å². The van der Waals surface area contributed by atoms with Crippen LogP contribution < -0.4 is 9.74 Å². The lowest BCUT2D eigenvalue weighted by Crippen LogP contribution is -2.17. The zero-order valence-electron chi connectivity index (χ0n) is 10.1. The van der Waals surface area contributed by atoms with Gasteiger partial charge in [0.2, 0.25) is 12.3 Å². The molecule has 2 rings (SSSR count). The van der Waals surface area contributed by atoms with Crippen molar-refractivity contribution < 1.29 is 8.37 Å². The van der Waals surface area contributed by atoms with Gasteiger partial charge in [0.1, 0.15) is 0 Å². The number of hydrogen-bond acceptors (Lipinski definition) is 5. The zero-order valence-corrected chi connectivity index (χ0v) is 11.6. The highest BCUT2D eigenvalue weighted by Gasteiger charge is 2.09. The molecule has 19 heavy (non-hydrogen) atoms. The molecule has 7 heteroatoms. The first-order chi connectivity index (χ1) is 9.22. The van der Waals surface area contributed by atoms with Gasteiger partial charge in [0.25, 0.3) is 5.56 Å². The molecule has 2 heterocycles. The number of aromatic nitrogens is 2. The molecule has 0 aliphatic heterocycles. The van der Waals surface area contributed by atoms with Crippen molar-refractivity contribution in [3.05, 3.63) is 52.0 Å². The van der Waals surface area contributed by atoms with Crippen LogP contribution in [-0.2, 0) is 4.18 Å². The molecule has 0 fully saturated rings. The summed E-state index contributed by atoms with van der Waals surface area (Å²) in [6.07, 6.45) is 3.12. The van der Waals surface area contributed by atoms with Crippen LogP contribution >= 0.6 is 23.9 Å². The van der Waals surface area contributed by atoms with E-state index in [-0.39, 0.29) is 5.56 Å². The molecule has 0 atom stereocenters. The van der Waals surface area contributed by atoms with Gasteiger partial charge in [-0.3, -0.25) is 13.5 Å². The molecule has 0 N–H and O–H groups in total. The molecule has 0 amide bonds. The highest BCUT2D eigenvalue weighted by molar-refractivity contribution is 7.90. The Bertz CT molecular complexity index is 618. The van der Waals surface area contributed by atoms with Crippen LogP contribution in [0.1, 0.15) is 6.92 Å². The van der Waals surface area contributed by atoms with Crippen LogP contribution in [0.2, 0.25) is 5.02 Å². The second kappa shape index (κ2) is 6.60. The Morgan fingerprint density at radius 1 is 1.47 bits per heavy atom. The first kappa shape index (κ1) is 13.9. The van der Waals surface area contributed by atoms with E-state index in [1.807, 2.05) is 6.92 Å². The Kier molecular flexibility index (Phi) is 4.84. The number of rotatable bonds is 5. The van der Waals surface area contributed by atoms with Crippen molar-refractivity contribution in [1.82, 2.24) is 9.55 Å². The second-order valence-corrected chi connectivity index (χ2v) is 4.41. The fourth-order valence-corrected chi connectivity index (χ4v) is 1.86. The molecule has 2 aromatic rings.